The summed E-state index contributed by atoms with van der Waals surface area (Å²) in [5.41, 5.74) is 0.636. The number of nitrogens with zero attached hydrogens (tertiary/aromatic N) is 3. The maximum absolute atomic E-state index is 13.0. The van der Waals surface area contributed by atoms with Gasteiger partial charge in [-0.1, -0.05) is 51.1 Å². The first-order chi connectivity index (χ1) is 14.1. The van der Waals surface area contributed by atoms with Gasteiger partial charge in [-0.2, -0.15) is 5.26 Å². The number of ether oxygens (including phenoxy) is 2. The predicted octanol–water partition coefficient (Wildman–Crippen LogP) is 2.62. The Morgan fingerprint density at radius 2 is 2.03 bits per heavy atom. The van der Waals surface area contributed by atoms with E-state index in [0.717, 1.165) is 5.56 Å². The summed E-state index contributed by atoms with van der Waals surface area (Å²) in [6, 6.07) is 11.4. The first-order valence-electron chi connectivity index (χ1n) is 10.0. The van der Waals surface area contributed by atoms with Crippen molar-refractivity contribution in [3.63, 3.8) is 0 Å². The Morgan fingerprint density at radius 3 is 2.67 bits per heavy atom. The van der Waals surface area contributed by atoms with Gasteiger partial charge in [0.05, 0.1) is 31.1 Å². The SMILES string of the molecule is CC(C)(C)CN(CCC#N)S(=O)(=O)C[C@H]1CN(C(=O)OCc2ccccc2)CCO1. The molecule has 0 N–H and O–H groups in total. The van der Waals surface area contributed by atoms with Crippen LogP contribution in [0.1, 0.15) is 32.8 Å². The van der Waals surface area contributed by atoms with E-state index in [4.69, 9.17) is 14.7 Å². The van der Waals surface area contributed by atoms with Gasteiger partial charge < -0.3 is 14.4 Å². The van der Waals surface area contributed by atoms with Gasteiger partial charge in [0.1, 0.15) is 6.61 Å². The van der Waals surface area contributed by atoms with Crippen LogP contribution in [0.3, 0.4) is 0 Å². The first kappa shape index (κ1) is 24.1. The normalized spacial score (nSPS) is 17.6. The van der Waals surface area contributed by atoms with Gasteiger partial charge in [0.25, 0.3) is 0 Å². The number of amides is 1. The van der Waals surface area contributed by atoms with E-state index < -0.39 is 22.2 Å². The zero-order valence-electron chi connectivity index (χ0n) is 17.9. The van der Waals surface area contributed by atoms with E-state index in [0.29, 0.717) is 13.1 Å². The van der Waals surface area contributed by atoms with Gasteiger partial charge in [-0.05, 0) is 11.0 Å². The fraction of sp³-hybridized carbons (Fsp3) is 0.619. The number of nitriles is 1. The monoisotopic (exact) mass is 437 g/mol. The molecule has 0 unspecified atom stereocenters. The number of hydrogen-bond acceptors (Lipinski definition) is 6. The molecular weight excluding hydrogens is 406 g/mol. The van der Waals surface area contributed by atoms with Crippen LogP contribution >= 0.6 is 0 Å². The molecule has 1 aromatic carbocycles. The smallest absolute Gasteiger partial charge is 0.410 e. The molecule has 1 saturated heterocycles. The molecule has 0 spiro atoms. The van der Waals surface area contributed by atoms with Crippen LogP contribution in [0.25, 0.3) is 0 Å². The molecule has 30 heavy (non-hydrogen) atoms. The lowest BCUT2D eigenvalue weighted by molar-refractivity contribution is -0.0182. The molecule has 166 valence electrons. The summed E-state index contributed by atoms with van der Waals surface area (Å²) in [7, 11) is -3.65. The molecule has 1 aliphatic rings. The van der Waals surface area contributed by atoms with Crippen molar-refractivity contribution in [2.75, 3.05) is 38.5 Å². The summed E-state index contributed by atoms with van der Waals surface area (Å²) in [5.74, 6) is -0.239. The maximum Gasteiger partial charge on any atom is 0.410 e. The summed E-state index contributed by atoms with van der Waals surface area (Å²) in [6.45, 7) is 7.21. The van der Waals surface area contributed by atoms with E-state index in [1.165, 1.54) is 9.21 Å². The third-order valence-electron chi connectivity index (χ3n) is 4.52. The average Bonchev–Trinajstić information content (AvgIpc) is 2.69. The van der Waals surface area contributed by atoms with Crippen LogP contribution < -0.4 is 0 Å². The molecule has 1 aliphatic heterocycles. The van der Waals surface area contributed by atoms with Crippen LogP contribution in [0.4, 0.5) is 4.79 Å². The second kappa shape index (κ2) is 10.8. The average molecular weight is 438 g/mol. The van der Waals surface area contributed by atoms with Crippen LogP contribution in [0.15, 0.2) is 30.3 Å². The Morgan fingerprint density at radius 1 is 1.33 bits per heavy atom. The molecule has 1 fully saturated rings. The lowest BCUT2D eigenvalue weighted by Gasteiger charge is -2.34. The third kappa shape index (κ3) is 7.94. The number of rotatable bonds is 8. The van der Waals surface area contributed by atoms with Crippen molar-refractivity contribution in [2.45, 2.75) is 39.9 Å². The lowest BCUT2D eigenvalue weighted by Crippen LogP contribution is -2.50. The Labute approximate surface area is 179 Å². The van der Waals surface area contributed by atoms with Crippen molar-refractivity contribution in [1.29, 1.82) is 5.26 Å². The van der Waals surface area contributed by atoms with Crippen molar-refractivity contribution in [3.8, 4) is 6.07 Å². The molecule has 0 aromatic heterocycles. The van der Waals surface area contributed by atoms with Gasteiger partial charge >= 0.3 is 6.09 Å². The molecule has 1 atom stereocenters. The molecule has 0 aliphatic carbocycles. The van der Waals surface area contributed by atoms with Crippen molar-refractivity contribution in [2.24, 2.45) is 5.41 Å². The van der Waals surface area contributed by atoms with Gasteiger partial charge in [-0.3, -0.25) is 0 Å². The topological polar surface area (TPSA) is 99.9 Å². The van der Waals surface area contributed by atoms with E-state index in [1.54, 1.807) is 0 Å². The zero-order valence-corrected chi connectivity index (χ0v) is 18.7. The van der Waals surface area contributed by atoms with Gasteiger partial charge in [-0.25, -0.2) is 17.5 Å². The molecule has 0 bridgehead atoms. The van der Waals surface area contributed by atoms with E-state index in [1.807, 2.05) is 57.2 Å². The number of morpholine rings is 1. The lowest BCUT2D eigenvalue weighted by atomic mass is 9.97. The molecular formula is C21H31N3O5S. The number of carbonyl (C=O) groups excluding carboxylic acids is 1. The van der Waals surface area contributed by atoms with Crippen LogP contribution in [0.2, 0.25) is 0 Å². The number of hydrogen-bond donors (Lipinski definition) is 0. The number of carbonyl (C=O) groups is 1. The molecule has 0 saturated carbocycles. The molecule has 9 heteroatoms. The molecule has 1 heterocycles. The Bertz CT molecular complexity index is 830. The first-order valence-corrected chi connectivity index (χ1v) is 11.6. The summed E-state index contributed by atoms with van der Waals surface area (Å²) in [4.78, 5) is 13.9. The summed E-state index contributed by atoms with van der Waals surface area (Å²) < 4.78 is 38.3. The van der Waals surface area contributed by atoms with Crippen molar-refractivity contribution < 1.29 is 22.7 Å². The standard InChI is InChI=1S/C21H31N3O5S/c1-21(2,3)17-24(11-7-10-22)30(26,27)16-19-14-23(12-13-28-19)20(25)29-15-18-8-5-4-6-9-18/h4-6,8-9,19H,7,11-17H2,1-3H3/t19-/m1/s1. The van der Waals surface area contributed by atoms with Crippen LogP contribution in [0, 0.1) is 16.7 Å². The van der Waals surface area contributed by atoms with Gasteiger partial charge in [0, 0.05) is 26.1 Å². The van der Waals surface area contributed by atoms with Gasteiger partial charge in [-0.15, -0.1) is 0 Å². The quantitative estimate of drug-likeness (QED) is 0.620. The van der Waals surface area contributed by atoms with Crippen LogP contribution in [-0.4, -0.2) is 68.4 Å². The maximum atomic E-state index is 13.0. The second-order valence-electron chi connectivity index (χ2n) is 8.56. The third-order valence-corrected chi connectivity index (χ3v) is 6.41. The molecule has 1 aromatic rings. The number of benzene rings is 1. The highest BCUT2D eigenvalue weighted by Crippen LogP contribution is 2.20. The molecule has 0 radical (unpaired) electrons. The highest BCUT2D eigenvalue weighted by Gasteiger charge is 2.33. The van der Waals surface area contributed by atoms with Crippen molar-refractivity contribution in [3.05, 3.63) is 35.9 Å². The van der Waals surface area contributed by atoms with Crippen LogP contribution in [0.5, 0.6) is 0 Å². The fourth-order valence-corrected chi connectivity index (χ4v) is 4.99. The number of sulfonamides is 1. The Kier molecular flexibility index (Phi) is 8.65. The largest absolute Gasteiger partial charge is 0.445 e. The Balaban J connectivity index is 1.96. The van der Waals surface area contributed by atoms with E-state index in [2.05, 4.69) is 0 Å². The minimum absolute atomic E-state index is 0.124. The van der Waals surface area contributed by atoms with Crippen molar-refractivity contribution >= 4 is 16.1 Å². The van der Waals surface area contributed by atoms with Gasteiger partial charge in [0.2, 0.25) is 10.0 Å². The fourth-order valence-electron chi connectivity index (χ4n) is 3.16. The summed E-state index contributed by atoms with van der Waals surface area (Å²) in [6.07, 6.45) is -1.00. The highest BCUT2D eigenvalue weighted by molar-refractivity contribution is 7.89. The predicted molar refractivity (Wildman–Crippen MR) is 113 cm³/mol. The summed E-state index contributed by atoms with van der Waals surface area (Å²) >= 11 is 0. The molecule has 2 rings (SSSR count). The van der Waals surface area contributed by atoms with E-state index in [9.17, 15) is 13.2 Å². The minimum Gasteiger partial charge on any atom is -0.445 e. The van der Waals surface area contributed by atoms with Crippen molar-refractivity contribution in [1.82, 2.24) is 9.21 Å². The van der Waals surface area contributed by atoms with E-state index in [-0.39, 0.29) is 43.9 Å². The van der Waals surface area contributed by atoms with Gasteiger partial charge in [0.15, 0.2) is 0 Å². The molecule has 8 nitrogen and oxygen atoms in total. The second-order valence-corrected chi connectivity index (χ2v) is 10.6. The zero-order chi connectivity index (χ0) is 22.2. The Hall–Kier alpha value is -2.15. The minimum atomic E-state index is -3.65. The van der Waals surface area contributed by atoms with Crippen LogP contribution in [-0.2, 0) is 26.1 Å². The summed E-state index contributed by atoms with van der Waals surface area (Å²) in [5, 5.41) is 8.88. The molecule has 1 amide bonds. The van der Waals surface area contributed by atoms with E-state index >= 15 is 0 Å². The highest BCUT2D eigenvalue weighted by atomic mass is 32.2.